The molecule has 182 valence electrons. The second kappa shape index (κ2) is 10.6. The van der Waals surface area contributed by atoms with Gasteiger partial charge in [-0.15, -0.1) is 0 Å². The zero-order chi connectivity index (χ0) is 24.0. The summed E-state index contributed by atoms with van der Waals surface area (Å²) < 4.78 is 22.2. The lowest BCUT2D eigenvalue weighted by atomic mass is 10.0. The van der Waals surface area contributed by atoms with Gasteiger partial charge in [-0.2, -0.15) is 0 Å². The van der Waals surface area contributed by atoms with Gasteiger partial charge in [-0.3, -0.25) is 4.98 Å². The van der Waals surface area contributed by atoms with E-state index in [9.17, 15) is 4.79 Å². The number of allylic oxidation sites excluding steroid dienone is 4. The maximum absolute atomic E-state index is 12.5. The highest BCUT2D eigenvalue weighted by molar-refractivity contribution is 5.78. The van der Waals surface area contributed by atoms with Crippen LogP contribution in [-0.4, -0.2) is 53.8 Å². The Labute approximate surface area is 203 Å². The number of hydrogen-bond donors (Lipinski definition) is 1. The minimum absolute atomic E-state index is 0.224. The van der Waals surface area contributed by atoms with E-state index in [1.165, 1.54) is 11.2 Å². The topological polar surface area (TPSA) is 95.0 Å². The molecule has 1 fully saturated rings. The molecule has 0 aromatic carbocycles. The van der Waals surface area contributed by atoms with E-state index in [0.29, 0.717) is 37.0 Å². The molecule has 0 unspecified atom stereocenters. The molecule has 2 aromatic heterocycles. The summed E-state index contributed by atoms with van der Waals surface area (Å²) in [5.74, 6) is 1.55. The summed E-state index contributed by atoms with van der Waals surface area (Å²) in [5, 5.41) is 3.43. The number of carbonyl (C=O) groups is 1. The number of nitrogens with zero attached hydrogens (tertiary/aromatic N) is 3. The second-order valence-corrected chi connectivity index (χ2v) is 8.43. The van der Waals surface area contributed by atoms with Gasteiger partial charge in [0.25, 0.3) is 0 Å². The van der Waals surface area contributed by atoms with Crippen molar-refractivity contribution in [1.29, 1.82) is 0 Å². The number of hydrogen-bond acceptors (Lipinski definition) is 8. The average molecular weight is 477 g/mol. The van der Waals surface area contributed by atoms with E-state index < -0.39 is 6.09 Å². The summed E-state index contributed by atoms with van der Waals surface area (Å²) in [5.41, 5.74) is 3.85. The fourth-order valence-electron chi connectivity index (χ4n) is 4.22. The molecule has 1 aliphatic carbocycles. The first-order valence-electron chi connectivity index (χ1n) is 11.8. The second-order valence-electron chi connectivity index (χ2n) is 8.43. The number of ether oxygens (including phenoxy) is 4. The predicted molar refractivity (Wildman–Crippen MR) is 129 cm³/mol. The zero-order valence-corrected chi connectivity index (χ0v) is 19.6. The van der Waals surface area contributed by atoms with Crippen molar-refractivity contribution in [1.82, 2.24) is 20.2 Å². The van der Waals surface area contributed by atoms with Gasteiger partial charge in [-0.05, 0) is 62.0 Å². The number of carbonyl (C=O) groups excluding carboxylic acids is 1. The van der Waals surface area contributed by atoms with Crippen molar-refractivity contribution in [2.45, 2.75) is 31.8 Å². The Hall–Kier alpha value is -3.85. The van der Waals surface area contributed by atoms with Gasteiger partial charge >= 0.3 is 6.09 Å². The smallest absolute Gasteiger partial charge is 0.417 e. The Morgan fingerprint density at radius 1 is 1.23 bits per heavy atom. The monoisotopic (exact) mass is 476 g/mol. The SMILES string of the molecule is COc1ccc2nccc(CCNCC[C@H]3CN(C4=COC=C(C5=CC=CCC5)O4)C(=O)O3)c2n1. The number of methoxy groups -OCH3 is 1. The number of nitrogens with one attached hydrogen (secondary N) is 1. The summed E-state index contributed by atoms with van der Waals surface area (Å²) in [7, 11) is 1.61. The third-order valence-corrected chi connectivity index (χ3v) is 6.09. The van der Waals surface area contributed by atoms with E-state index in [1.807, 2.05) is 30.4 Å². The van der Waals surface area contributed by atoms with Gasteiger partial charge in [0.05, 0.1) is 24.7 Å². The van der Waals surface area contributed by atoms with Crippen molar-refractivity contribution in [3.05, 3.63) is 77.9 Å². The molecular weight excluding hydrogens is 448 g/mol. The summed E-state index contributed by atoms with van der Waals surface area (Å²) >= 11 is 0. The van der Waals surface area contributed by atoms with Crippen LogP contribution < -0.4 is 10.1 Å². The molecule has 2 aliphatic heterocycles. The molecule has 2 aromatic rings. The molecule has 1 N–H and O–H groups in total. The molecule has 0 radical (unpaired) electrons. The third-order valence-electron chi connectivity index (χ3n) is 6.09. The van der Waals surface area contributed by atoms with Crippen LogP contribution in [0.2, 0.25) is 0 Å². The first-order valence-corrected chi connectivity index (χ1v) is 11.8. The standard InChI is InChI=1S/C26H28N4O5/c1-32-23-8-7-21-25(29-23)19(10-14-28-21)9-12-27-13-11-20-15-30(26(31)34-20)24-17-33-16-22(35-24)18-5-3-2-4-6-18/h2-3,5,7-8,10,14,16-17,20,27H,4,6,9,11-13,15H2,1H3/t20-/m0/s1. The molecular formula is C26H28N4O5. The van der Waals surface area contributed by atoms with Crippen molar-refractivity contribution in [3.8, 4) is 5.88 Å². The summed E-state index contributed by atoms with van der Waals surface area (Å²) in [4.78, 5) is 22.9. The van der Waals surface area contributed by atoms with E-state index in [0.717, 1.165) is 48.0 Å². The Bertz CT molecular complexity index is 1220. The van der Waals surface area contributed by atoms with Crippen LogP contribution in [0, 0.1) is 0 Å². The van der Waals surface area contributed by atoms with Crippen molar-refractivity contribution in [3.63, 3.8) is 0 Å². The van der Waals surface area contributed by atoms with Gasteiger partial charge in [0.2, 0.25) is 11.8 Å². The van der Waals surface area contributed by atoms with Crippen molar-refractivity contribution < 1.29 is 23.7 Å². The quantitative estimate of drug-likeness (QED) is 0.544. The number of pyridine rings is 2. The van der Waals surface area contributed by atoms with Crippen molar-refractivity contribution >= 4 is 17.1 Å². The molecule has 1 saturated heterocycles. The first kappa shape index (κ1) is 22.9. The van der Waals surface area contributed by atoms with E-state index in [4.69, 9.17) is 18.9 Å². The molecule has 0 spiro atoms. The highest BCUT2D eigenvalue weighted by Crippen LogP contribution is 2.29. The molecule has 0 saturated carbocycles. The lowest BCUT2D eigenvalue weighted by molar-refractivity contribution is 0.117. The molecule has 4 heterocycles. The van der Waals surface area contributed by atoms with Gasteiger partial charge in [0.15, 0.2) is 12.0 Å². The minimum atomic E-state index is -0.424. The van der Waals surface area contributed by atoms with Gasteiger partial charge in [-0.25, -0.2) is 14.7 Å². The highest BCUT2D eigenvalue weighted by Gasteiger charge is 2.36. The maximum atomic E-state index is 12.5. The molecule has 0 bridgehead atoms. The zero-order valence-electron chi connectivity index (χ0n) is 19.6. The number of aromatic nitrogens is 2. The fraction of sp³-hybridized carbons (Fsp3) is 0.346. The van der Waals surface area contributed by atoms with Crippen LogP contribution in [0.1, 0.15) is 24.8 Å². The lowest BCUT2D eigenvalue weighted by Gasteiger charge is -2.23. The van der Waals surface area contributed by atoms with E-state index in [-0.39, 0.29) is 6.10 Å². The van der Waals surface area contributed by atoms with Crippen LogP contribution in [0.3, 0.4) is 0 Å². The molecule has 5 rings (SSSR count). The number of fused-ring (bicyclic) bond motifs is 1. The molecule has 3 aliphatic rings. The Kier molecular flexibility index (Phi) is 6.94. The summed E-state index contributed by atoms with van der Waals surface area (Å²) in [6, 6.07) is 5.71. The molecule has 9 heteroatoms. The van der Waals surface area contributed by atoms with Crippen molar-refractivity contribution in [2.75, 3.05) is 26.7 Å². The van der Waals surface area contributed by atoms with Crippen LogP contribution in [-0.2, 0) is 20.6 Å². The van der Waals surface area contributed by atoms with E-state index >= 15 is 0 Å². The predicted octanol–water partition coefficient (Wildman–Crippen LogP) is 3.94. The van der Waals surface area contributed by atoms with Crippen LogP contribution in [0.25, 0.3) is 11.0 Å². The molecule has 1 amide bonds. The number of rotatable bonds is 9. The highest BCUT2D eigenvalue weighted by atomic mass is 16.6. The Balaban J connectivity index is 1.09. The van der Waals surface area contributed by atoms with Crippen LogP contribution >= 0.6 is 0 Å². The van der Waals surface area contributed by atoms with Gasteiger partial charge in [0.1, 0.15) is 12.4 Å². The Morgan fingerprint density at radius 2 is 2.17 bits per heavy atom. The first-order chi connectivity index (χ1) is 17.2. The van der Waals surface area contributed by atoms with Crippen LogP contribution in [0.4, 0.5) is 4.79 Å². The molecule has 35 heavy (non-hydrogen) atoms. The number of cyclic esters (lactones) is 1. The largest absolute Gasteiger partial charge is 0.481 e. The maximum Gasteiger partial charge on any atom is 0.417 e. The fourth-order valence-corrected chi connectivity index (χ4v) is 4.22. The van der Waals surface area contributed by atoms with E-state index in [2.05, 4.69) is 21.4 Å². The van der Waals surface area contributed by atoms with Gasteiger partial charge in [0, 0.05) is 12.3 Å². The average Bonchev–Trinajstić information content (AvgIpc) is 3.29. The third kappa shape index (κ3) is 5.30. The van der Waals surface area contributed by atoms with Crippen LogP contribution in [0.15, 0.2) is 72.4 Å². The number of amides is 1. The summed E-state index contributed by atoms with van der Waals surface area (Å²) in [6.07, 6.45) is 13.6. The van der Waals surface area contributed by atoms with Gasteiger partial charge in [-0.1, -0.05) is 18.2 Å². The van der Waals surface area contributed by atoms with Crippen molar-refractivity contribution in [2.24, 2.45) is 0 Å². The normalized spacial score (nSPS) is 19.5. The lowest BCUT2D eigenvalue weighted by Crippen LogP contribution is -2.28. The minimum Gasteiger partial charge on any atom is -0.481 e. The molecule has 9 nitrogen and oxygen atoms in total. The summed E-state index contributed by atoms with van der Waals surface area (Å²) in [6.45, 7) is 1.90. The molecule has 1 atom stereocenters. The van der Waals surface area contributed by atoms with E-state index in [1.54, 1.807) is 19.6 Å². The Morgan fingerprint density at radius 3 is 3.03 bits per heavy atom. The van der Waals surface area contributed by atoms with Gasteiger partial charge < -0.3 is 24.3 Å². The van der Waals surface area contributed by atoms with Crippen LogP contribution in [0.5, 0.6) is 5.88 Å².